The quantitative estimate of drug-likeness (QED) is 0.198. The standard InChI is InChI=1S/C35H33NO3/c1-27-24-36(25-28-14-6-2-7-15-28)33(37)34(27)23-22-32(39-34)26-38-35(29-16-8-3-9-17-29,30-18-10-4-11-19-30)31-20-12-5-13-21-31/h2-21,32H,1,22-26H2/t32-,34+/m0/s1. The highest BCUT2D eigenvalue weighted by molar-refractivity contribution is 5.92. The summed E-state index contributed by atoms with van der Waals surface area (Å²) in [7, 11) is 0. The lowest BCUT2D eigenvalue weighted by Gasteiger charge is -2.37. The summed E-state index contributed by atoms with van der Waals surface area (Å²) < 4.78 is 13.6. The minimum atomic E-state index is -0.961. The highest BCUT2D eigenvalue weighted by Crippen LogP contribution is 2.45. The first-order chi connectivity index (χ1) is 19.1. The van der Waals surface area contributed by atoms with Gasteiger partial charge in [-0.1, -0.05) is 128 Å². The molecule has 0 bridgehead atoms. The second-order valence-electron chi connectivity index (χ2n) is 10.4. The molecule has 1 spiro atoms. The van der Waals surface area contributed by atoms with Crippen molar-refractivity contribution in [2.45, 2.75) is 36.7 Å². The monoisotopic (exact) mass is 515 g/mol. The van der Waals surface area contributed by atoms with Crippen LogP contribution in [0, 0.1) is 0 Å². The smallest absolute Gasteiger partial charge is 0.259 e. The fraction of sp³-hybridized carbons (Fsp3) is 0.229. The van der Waals surface area contributed by atoms with Gasteiger partial charge in [-0.25, -0.2) is 0 Å². The van der Waals surface area contributed by atoms with E-state index in [-0.39, 0.29) is 12.0 Å². The summed E-state index contributed by atoms with van der Waals surface area (Å²) in [6.07, 6.45) is 1.13. The van der Waals surface area contributed by atoms with E-state index in [0.29, 0.717) is 26.1 Å². The maximum Gasteiger partial charge on any atom is 0.259 e. The first-order valence-corrected chi connectivity index (χ1v) is 13.6. The van der Waals surface area contributed by atoms with Gasteiger partial charge in [-0.15, -0.1) is 0 Å². The Morgan fingerprint density at radius 2 is 1.28 bits per heavy atom. The van der Waals surface area contributed by atoms with E-state index in [0.717, 1.165) is 34.2 Å². The highest BCUT2D eigenvalue weighted by Gasteiger charge is 2.55. The Hall–Kier alpha value is -3.99. The predicted octanol–water partition coefficient (Wildman–Crippen LogP) is 6.51. The van der Waals surface area contributed by atoms with Gasteiger partial charge in [-0.3, -0.25) is 4.79 Å². The molecule has 6 rings (SSSR count). The number of hydrogen-bond donors (Lipinski definition) is 0. The van der Waals surface area contributed by atoms with Crippen molar-refractivity contribution < 1.29 is 14.3 Å². The number of amides is 1. The van der Waals surface area contributed by atoms with E-state index in [1.165, 1.54) is 0 Å². The minimum absolute atomic E-state index is 0.0132. The van der Waals surface area contributed by atoms with Crippen molar-refractivity contribution in [2.24, 2.45) is 0 Å². The molecule has 0 N–H and O–H groups in total. The van der Waals surface area contributed by atoms with Crippen LogP contribution in [0.4, 0.5) is 0 Å². The number of rotatable bonds is 8. The average molecular weight is 516 g/mol. The van der Waals surface area contributed by atoms with Crippen LogP contribution in [-0.4, -0.2) is 35.7 Å². The van der Waals surface area contributed by atoms with Crippen LogP contribution in [0.25, 0.3) is 0 Å². The van der Waals surface area contributed by atoms with Crippen molar-refractivity contribution in [1.82, 2.24) is 4.90 Å². The molecule has 4 nitrogen and oxygen atoms in total. The van der Waals surface area contributed by atoms with E-state index in [2.05, 4.69) is 43.0 Å². The van der Waals surface area contributed by atoms with E-state index >= 15 is 0 Å². The van der Waals surface area contributed by atoms with Gasteiger partial charge in [0, 0.05) is 13.1 Å². The predicted molar refractivity (Wildman–Crippen MR) is 153 cm³/mol. The van der Waals surface area contributed by atoms with Crippen molar-refractivity contribution in [3.63, 3.8) is 0 Å². The van der Waals surface area contributed by atoms with E-state index in [1.807, 2.05) is 89.8 Å². The summed E-state index contributed by atoms with van der Waals surface area (Å²) in [5, 5.41) is 0. The van der Waals surface area contributed by atoms with Gasteiger partial charge in [-0.05, 0) is 40.7 Å². The van der Waals surface area contributed by atoms with Crippen molar-refractivity contribution in [3.05, 3.63) is 156 Å². The third kappa shape index (κ3) is 4.60. The summed E-state index contributed by atoms with van der Waals surface area (Å²) in [6, 6.07) is 41.1. The van der Waals surface area contributed by atoms with E-state index in [9.17, 15) is 4.79 Å². The van der Waals surface area contributed by atoms with Crippen molar-refractivity contribution in [3.8, 4) is 0 Å². The second-order valence-corrected chi connectivity index (χ2v) is 10.4. The maximum atomic E-state index is 13.7. The Bertz CT molecular complexity index is 1330. The van der Waals surface area contributed by atoms with Crippen LogP contribution >= 0.6 is 0 Å². The molecular weight excluding hydrogens is 482 g/mol. The molecule has 2 aliphatic heterocycles. The molecule has 39 heavy (non-hydrogen) atoms. The van der Waals surface area contributed by atoms with Crippen molar-refractivity contribution in [1.29, 1.82) is 0 Å². The number of carbonyl (C=O) groups is 1. The van der Waals surface area contributed by atoms with Crippen LogP contribution in [0.5, 0.6) is 0 Å². The Morgan fingerprint density at radius 1 is 0.795 bits per heavy atom. The van der Waals surface area contributed by atoms with Crippen LogP contribution in [0.1, 0.15) is 35.1 Å². The molecule has 0 unspecified atom stereocenters. The van der Waals surface area contributed by atoms with Crippen LogP contribution in [0.15, 0.2) is 133 Å². The third-order valence-corrected chi connectivity index (χ3v) is 8.01. The minimum Gasteiger partial charge on any atom is -0.358 e. The van der Waals surface area contributed by atoms with Gasteiger partial charge in [0.25, 0.3) is 5.91 Å². The second kappa shape index (κ2) is 10.6. The largest absolute Gasteiger partial charge is 0.358 e. The number of benzene rings is 4. The average Bonchev–Trinajstić information content (AvgIpc) is 3.53. The summed E-state index contributed by atoms with van der Waals surface area (Å²) in [5.74, 6) is 0.0132. The third-order valence-electron chi connectivity index (χ3n) is 8.01. The van der Waals surface area contributed by atoms with Gasteiger partial charge >= 0.3 is 0 Å². The summed E-state index contributed by atoms with van der Waals surface area (Å²) >= 11 is 0. The molecule has 196 valence electrons. The van der Waals surface area contributed by atoms with Gasteiger partial charge in [0.1, 0.15) is 5.60 Å². The van der Waals surface area contributed by atoms with E-state index in [4.69, 9.17) is 9.47 Å². The van der Waals surface area contributed by atoms with Gasteiger partial charge in [0.15, 0.2) is 5.60 Å². The van der Waals surface area contributed by atoms with Crippen molar-refractivity contribution in [2.75, 3.05) is 13.2 Å². The van der Waals surface area contributed by atoms with Crippen molar-refractivity contribution >= 4 is 5.91 Å². The normalized spacial score (nSPS) is 21.1. The number of carbonyl (C=O) groups excluding carboxylic acids is 1. The topological polar surface area (TPSA) is 38.8 Å². The first-order valence-electron chi connectivity index (χ1n) is 13.6. The van der Waals surface area contributed by atoms with Crippen LogP contribution in [0.2, 0.25) is 0 Å². The Balaban J connectivity index is 1.27. The first kappa shape index (κ1) is 25.3. The summed E-state index contributed by atoms with van der Waals surface area (Å²) in [5.41, 5.74) is 3.30. The maximum absolute atomic E-state index is 13.7. The zero-order valence-corrected chi connectivity index (χ0v) is 22.0. The molecule has 2 aliphatic rings. The lowest BCUT2D eigenvalue weighted by atomic mass is 9.80. The molecule has 2 atom stereocenters. The molecule has 0 aliphatic carbocycles. The summed E-state index contributed by atoms with van der Waals surface area (Å²) in [4.78, 5) is 15.5. The Kier molecular flexibility index (Phi) is 6.90. The molecule has 4 aromatic carbocycles. The van der Waals surface area contributed by atoms with Crippen LogP contribution < -0.4 is 0 Å². The molecule has 4 heteroatoms. The molecular formula is C35H33NO3. The number of hydrogen-bond acceptors (Lipinski definition) is 3. The molecule has 1 amide bonds. The molecule has 0 aromatic heterocycles. The van der Waals surface area contributed by atoms with E-state index in [1.54, 1.807) is 0 Å². The lowest BCUT2D eigenvalue weighted by molar-refractivity contribution is -0.149. The van der Waals surface area contributed by atoms with Crippen LogP contribution in [0.3, 0.4) is 0 Å². The number of likely N-dealkylation sites (tertiary alicyclic amines) is 1. The van der Waals surface area contributed by atoms with Crippen LogP contribution in [-0.2, 0) is 26.4 Å². The fourth-order valence-corrected chi connectivity index (χ4v) is 6.06. The molecule has 4 aromatic rings. The molecule has 0 saturated carbocycles. The van der Waals surface area contributed by atoms with Gasteiger partial charge in [-0.2, -0.15) is 0 Å². The molecule has 0 radical (unpaired) electrons. The molecule has 2 fully saturated rings. The van der Waals surface area contributed by atoms with E-state index < -0.39 is 11.2 Å². The zero-order chi connectivity index (χ0) is 26.7. The molecule has 2 saturated heterocycles. The van der Waals surface area contributed by atoms with Gasteiger partial charge < -0.3 is 14.4 Å². The Morgan fingerprint density at radius 3 is 1.79 bits per heavy atom. The molecule has 2 heterocycles. The number of nitrogens with zero attached hydrogens (tertiary/aromatic N) is 1. The zero-order valence-electron chi connectivity index (χ0n) is 22.0. The lowest BCUT2D eigenvalue weighted by Crippen LogP contribution is -2.41. The SMILES string of the molecule is C=C1CN(Cc2ccccc2)C(=O)[C@@]12CC[C@@H](COC(c1ccccc1)(c1ccccc1)c1ccccc1)O2. The number of ether oxygens (including phenoxy) is 2. The summed E-state index contributed by atoms with van der Waals surface area (Å²) in [6.45, 7) is 5.71. The fourth-order valence-electron chi connectivity index (χ4n) is 6.06. The van der Waals surface area contributed by atoms with Gasteiger partial charge in [0.2, 0.25) is 0 Å². The highest BCUT2D eigenvalue weighted by atomic mass is 16.6. The Labute approximate surface area is 230 Å². The van der Waals surface area contributed by atoms with Gasteiger partial charge in [0.05, 0.1) is 12.7 Å².